The second-order valence-corrected chi connectivity index (χ2v) is 9.93. The first-order chi connectivity index (χ1) is 17.0. The molecule has 2 heterocycles. The third-order valence-electron chi connectivity index (χ3n) is 6.56. The van der Waals surface area contributed by atoms with Crippen LogP contribution in [0.5, 0.6) is 0 Å². The van der Waals surface area contributed by atoms with Crippen LogP contribution < -0.4 is 0 Å². The van der Waals surface area contributed by atoms with Crippen molar-refractivity contribution in [3.63, 3.8) is 0 Å². The Kier molecular flexibility index (Phi) is 6.76. The van der Waals surface area contributed by atoms with Crippen LogP contribution in [0.4, 0.5) is 0 Å². The monoisotopic (exact) mass is 530 g/mol. The zero-order valence-corrected chi connectivity index (χ0v) is 22.4. The van der Waals surface area contributed by atoms with Gasteiger partial charge in [0.1, 0.15) is 11.6 Å². The molecule has 0 spiro atoms. The van der Waals surface area contributed by atoms with Gasteiger partial charge in [0.2, 0.25) is 0 Å². The minimum Gasteiger partial charge on any atom is -0.377 e. The number of nitrogens with zero attached hydrogens (tertiary/aromatic N) is 4. The van der Waals surface area contributed by atoms with Crippen molar-refractivity contribution in [1.29, 1.82) is 0 Å². The molecule has 0 amide bonds. The smallest absolute Gasteiger partial charge is 0.140 e. The molecule has 0 saturated carbocycles. The first-order valence-corrected chi connectivity index (χ1v) is 13.1. The van der Waals surface area contributed by atoms with Crippen LogP contribution in [-0.4, -0.2) is 25.7 Å². The predicted octanol–water partition coefficient (Wildman–Crippen LogP) is 7.20. The number of rotatable bonds is 8. The first kappa shape index (κ1) is 23.8. The molecule has 5 nitrogen and oxygen atoms in total. The Hall–Kier alpha value is -2.96. The maximum atomic E-state index is 5.68. The van der Waals surface area contributed by atoms with Crippen molar-refractivity contribution in [2.75, 3.05) is 6.61 Å². The molecular formula is C29H31BrN4O. The molecule has 0 unspecified atom stereocenters. The molecule has 0 bridgehead atoms. The maximum absolute atomic E-state index is 5.68. The van der Waals surface area contributed by atoms with Crippen LogP contribution in [0.1, 0.15) is 42.8 Å². The highest BCUT2D eigenvalue weighted by atomic mass is 79.9. The van der Waals surface area contributed by atoms with Crippen molar-refractivity contribution in [3.8, 4) is 11.4 Å². The van der Waals surface area contributed by atoms with Crippen molar-refractivity contribution in [2.24, 2.45) is 7.05 Å². The number of aromatic nitrogens is 4. The lowest BCUT2D eigenvalue weighted by Gasteiger charge is -2.13. The highest BCUT2D eigenvalue weighted by Crippen LogP contribution is 2.31. The summed E-state index contributed by atoms with van der Waals surface area (Å²) >= 11 is 3.68. The summed E-state index contributed by atoms with van der Waals surface area (Å²) in [6, 6.07) is 19.3. The Bertz CT molecular complexity index is 1510. The summed E-state index contributed by atoms with van der Waals surface area (Å²) in [5.41, 5.74) is 9.08. The number of imidazole rings is 2. The summed E-state index contributed by atoms with van der Waals surface area (Å²) in [5, 5.41) is 0. The quantitative estimate of drug-likeness (QED) is 0.213. The lowest BCUT2D eigenvalue weighted by molar-refractivity contribution is 0.133. The minimum absolute atomic E-state index is 0.605. The Balaban J connectivity index is 1.63. The van der Waals surface area contributed by atoms with E-state index in [0.717, 1.165) is 63.1 Å². The van der Waals surface area contributed by atoms with Gasteiger partial charge in [-0.2, -0.15) is 0 Å². The number of benzene rings is 3. The molecule has 5 aromatic rings. The van der Waals surface area contributed by atoms with Gasteiger partial charge in [0.05, 0.1) is 28.7 Å². The van der Waals surface area contributed by atoms with Gasteiger partial charge in [-0.25, -0.2) is 9.97 Å². The second kappa shape index (κ2) is 9.96. The molecule has 180 valence electrons. The maximum Gasteiger partial charge on any atom is 0.140 e. The van der Waals surface area contributed by atoms with Gasteiger partial charge in [-0.1, -0.05) is 47.1 Å². The molecule has 0 aliphatic heterocycles. The zero-order valence-electron chi connectivity index (χ0n) is 20.8. The van der Waals surface area contributed by atoms with Gasteiger partial charge in [-0.15, -0.1) is 0 Å². The topological polar surface area (TPSA) is 44.9 Å². The van der Waals surface area contributed by atoms with Crippen LogP contribution >= 0.6 is 15.9 Å². The van der Waals surface area contributed by atoms with Crippen LogP contribution in [0.2, 0.25) is 0 Å². The molecule has 0 saturated heterocycles. The van der Waals surface area contributed by atoms with Crippen LogP contribution in [0.3, 0.4) is 0 Å². The molecule has 5 rings (SSSR count). The Morgan fingerprint density at radius 1 is 0.971 bits per heavy atom. The molecule has 0 radical (unpaired) electrons. The fourth-order valence-corrected chi connectivity index (χ4v) is 5.16. The van der Waals surface area contributed by atoms with E-state index in [-0.39, 0.29) is 0 Å². The van der Waals surface area contributed by atoms with Crippen molar-refractivity contribution >= 4 is 38.0 Å². The minimum atomic E-state index is 0.605. The van der Waals surface area contributed by atoms with Crippen LogP contribution in [0, 0.1) is 6.92 Å². The number of ether oxygens (including phenoxy) is 1. The molecule has 35 heavy (non-hydrogen) atoms. The standard InChI is InChI=1S/C29H31BrN4O/c1-5-9-27-32-28-19(3)14-21(29-31-24-10-7-8-11-25(24)33(29)4)16-26(28)34(27)17-20-12-13-23(30)22(15-20)18-35-6-2/h7-8,10-16H,5-6,9,17-18H2,1-4H3. The molecule has 0 aliphatic carbocycles. The van der Waals surface area contributed by atoms with Gasteiger partial charge in [-0.05, 0) is 67.3 Å². The molecule has 0 N–H and O–H groups in total. The number of aryl methyl sites for hydroxylation is 3. The number of hydrogen-bond acceptors (Lipinski definition) is 3. The molecule has 3 aromatic carbocycles. The first-order valence-electron chi connectivity index (χ1n) is 12.3. The summed E-state index contributed by atoms with van der Waals surface area (Å²) in [6.07, 6.45) is 1.99. The summed E-state index contributed by atoms with van der Waals surface area (Å²) in [6.45, 7) is 8.46. The van der Waals surface area contributed by atoms with Gasteiger partial charge in [0, 0.05) is 36.7 Å². The summed E-state index contributed by atoms with van der Waals surface area (Å²) in [4.78, 5) is 10.0. The van der Waals surface area contributed by atoms with Crippen LogP contribution in [0.25, 0.3) is 33.5 Å². The SMILES string of the molecule is CCCc1nc2c(C)cc(-c3nc4ccccc4n3C)cc2n1Cc1ccc(Br)c(COCC)c1. The van der Waals surface area contributed by atoms with E-state index in [1.807, 2.05) is 13.0 Å². The number of halogens is 1. The predicted molar refractivity (Wildman–Crippen MR) is 147 cm³/mol. The molecule has 0 atom stereocenters. The van der Waals surface area contributed by atoms with Gasteiger partial charge >= 0.3 is 0 Å². The van der Waals surface area contributed by atoms with E-state index in [1.165, 1.54) is 16.7 Å². The third kappa shape index (κ3) is 4.53. The van der Waals surface area contributed by atoms with E-state index in [0.29, 0.717) is 13.2 Å². The molecule has 2 aromatic heterocycles. The van der Waals surface area contributed by atoms with E-state index in [2.05, 4.69) is 94.5 Å². The molecule has 6 heteroatoms. The molecular weight excluding hydrogens is 500 g/mol. The number of hydrogen-bond donors (Lipinski definition) is 0. The highest BCUT2D eigenvalue weighted by Gasteiger charge is 2.17. The van der Waals surface area contributed by atoms with Crippen molar-refractivity contribution < 1.29 is 4.74 Å². The van der Waals surface area contributed by atoms with Crippen LogP contribution in [0.15, 0.2) is 59.1 Å². The Labute approximate surface area is 214 Å². The normalized spacial score (nSPS) is 11.7. The lowest BCUT2D eigenvalue weighted by Crippen LogP contribution is -2.06. The van der Waals surface area contributed by atoms with E-state index in [9.17, 15) is 0 Å². The third-order valence-corrected chi connectivity index (χ3v) is 7.33. The van der Waals surface area contributed by atoms with Gasteiger partial charge in [-0.3, -0.25) is 0 Å². The highest BCUT2D eigenvalue weighted by molar-refractivity contribution is 9.10. The average molecular weight is 531 g/mol. The van der Waals surface area contributed by atoms with E-state index >= 15 is 0 Å². The van der Waals surface area contributed by atoms with Crippen molar-refractivity contribution in [1.82, 2.24) is 19.1 Å². The largest absolute Gasteiger partial charge is 0.377 e. The Morgan fingerprint density at radius 3 is 2.57 bits per heavy atom. The average Bonchev–Trinajstić information content (AvgIpc) is 3.37. The van der Waals surface area contributed by atoms with E-state index in [1.54, 1.807) is 0 Å². The van der Waals surface area contributed by atoms with Gasteiger partial charge in [0.25, 0.3) is 0 Å². The van der Waals surface area contributed by atoms with Crippen molar-refractivity contribution in [3.05, 3.63) is 81.6 Å². The fourth-order valence-electron chi connectivity index (χ4n) is 4.80. The number of para-hydroxylation sites is 2. The lowest BCUT2D eigenvalue weighted by atomic mass is 10.1. The fraction of sp³-hybridized carbons (Fsp3) is 0.310. The molecule has 0 aliphatic rings. The van der Waals surface area contributed by atoms with Gasteiger partial charge < -0.3 is 13.9 Å². The number of fused-ring (bicyclic) bond motifs is 2. The molecule has 0 fully saturated rings. The van der Waals surface area contributed by atoms with Crippen molar-refractivity contribution in [2.45, 2.75) is 46.8 Å². The summed E-state index contributed by atoms with van der Waals surface area (Å²) in [7, 11) is 2.09. The second-order valence-electron chi connectivity index (χ2n) is 9.07. The summed E-state index contributed by atoms with van der Waals surface area (Å²) in [5.74, 6) is 2.10. The zero-order chi connectivity index (χ0) is 24.5. The Morgan fingerprint density at radius 2 is 1.80 bits per heavy atom. The summed E-state index contributed by atoms with van der Waals surface area (Å²) < 4.78 is 11.3. The van der Waals surface area contributed by atoms with Crippen LogP contribution in [-0.2, 0) is 31.4 Å². The van der Waals surface area contributed by atoms with E-state index in [4.69, 9.17) is 14.7 Å². The van der Waals surface area contributed by atoms with E-state index < -0.39 is 0 Å². The van der Waals surface area contributed by atoms with Gasteiger partial charge in [0.15, 0.2) is 0 Å².